The van der Waals surface area contributed by atoms with Crippen LogP contribution in [0.2, 0.25) is 0 Å². The number of pyridine rings is 1. The van der Waals surface area contributed by atoms with E-state index in [0.29, 0.717) is 17.9 Å². The number of ether oxygens (including phenoxy) is 1. The predicted octanol–water partition coefficient (Wildman–Crippen LogP) is 4.77. The maximum atomic E-state index is 13.2. The summed E-state index contributed by atoms with van der Waals surface area (Å²) < 4.78 is 5.70. The van der Waals surface area contributed by atoms with Gasteiger partial charge >= 0.3 is 12.1 Å². The number of aromatic nitrogens is 1. The van der Waals surface area contributed by atoms with E-state index in [2.05, 4.69) is 51.2 Å². The van der Waals surface area contributed by atoms with Crippen molar-refractivity contribution in [1.82, 2.24) is 9.88 Å². The molecule has 3 rings (SSSR count). The minimum atomic E-state index is -1.03. The summed E-state index contributed by atoms with van der Waals surface area (Å²) in [5.41, 5.74) is 2.31. The Balaban J connectivity index is 1.69. The van der Waals surface area contributed by atoms with Crippen LogP contribution < -0.4 is 9.80 Å². The summed E-state index contributed by atoms with van der Waals surface area (Å²) in [5, 5.41) is 8.84. The van der Waals surface area contributed by atoms with Gasteiger partial charge in [0.2, 0.25) is 0 Å². The Morgan fingerprint density at radius 2 is 1.81 bits per heavy atom. The number of rotatable bonds is 8. The highest BCUT2D eigenvalue weighted by Gasteiger charge is 2.34. The van der Waals surface area contributed by atoms with Crippen molar-refractivity contribution in [2.24, 2.45) is 0 Å². The van der Waals surface area contributed by atoms with E-state index in [1.165, 1.54) is 6.08 Å². The Morgan fingerprint density at radius 3 is 2.39 bits per heavy atom. The van der Waals surface area contributed by atoms with Crippen molar-refractivity contribution in [2.75, 3.05) is 43.5 Å². The molecular formula is C28H36N4O4. The summed E-state index contributed by atoms with van der Waals surface area (Å²) in [6.45, 7) is 7.85. The second kappa shape index (κ2) is 11.9. The summed E-state index contributed by atoms with van der Waals surface area (Å²) in [4.78, 5) is 34.4. The molecule has 1 aliphatic heterocycles. The molecule has 1 aromatic carbocycles. The summed E-state index contributed by atoms with van der Waals surface area (Å²) in [6.07, 6.45) is 8.70. The molecule has 0 saturated carbocycles. The molecule has 1 aromatic heterocycles. The van der Waals surface area contributed by atoms with Gasteiger partial charge in [-0.15, -0.1) is 0 Å². The Kier molecular flexibility index (Phi) is 8.88. The lowest BCUT2D eigenvalue weighted by atomic mass is 10.2. The van der Waals surface area contributed by atoms with Crippen LogP contribution in [0.4, 0.5) is 16.3 Å². The van der Waals surface area contributed by atoms with Crippen molar-refractivity contribution >= 4 is 35.7 Å². The molecule has 2 aromatic rings. The minimum Gasteiger partial charge on any atom is -0.478 e. The fourth-order valence-electron chi connectivity index (χ4n) is 3.96. The normalized spacial score (nSPS) is 16.5. The SMILES string of the molecule is CN(C)c1ccc(/C=C/CN2CC[C@@H](N(C(=O)OC(C)(C)C)c3ccc(/C=C/C(=O)O)cn3)C2)cc1. The molecule has 2 heterocycles. The maximum Gasteiger partial charge on any atom is 0.416 e. The van der Waals surface area contributed by atoms with Gasteiger partial charge in [-0.25, -0.2) is 14.6 Å². The number of likely N-dealkylation sites (tertiary alicyclic amines) is 1. The van der Waals surface area contributed by atoms with Gasteiger partial charge in [0.05, 0.1) is 6.04 Å². The quantitative estimate of drug-likeness (QED) is 0.531. The number of hydrogen-bond donors (Lipinski definition) is 1. The van der Waals surface area contributed by atoms with E-state index in [9.17, 15) is 9.59 Å². The predicted molar refractivity (Wildman–Crippen MR) is 144 cm³/mol. The number of carbonyl (C=O) groups excluding carboxylic acids is 1. The Morgan fingerprint density at radius 1 is 1.11 bits per heavy atom. The van der Waals surface area contributed by atoms with E-state index >= 15 is 0 Å². The van der Waals surface area contributed by atoms with Gasteiger partial charge in [0, 0.05) is 51.7 Å². The molecule has 36 heavy (non-hydrogen) atoms. The van der Waals surface area contributed by atoms with Crippen LogP contribution in [0, 0.1) is 0 Å². The average Bonchev–Trinajstić information content (AvgIpc) is 3.26. The number of benzene rings is 1. The molecule has 1 atom stereocenters. The Labute approximate surface area is 213 Å². The van der Waals surface area contributed by atoms with Crippen LogP contribution >= 0.6 is 0 Å². The Bertz CT molecular complexity index is 1090. The van der Waals surface area contributed by atoms with Gasteiger partial charge in [-0.2, -0.15) is 0 Å². The first kappa shape index (κ1) is 26.9. The number of carboxylic acids is 1. The van der Waals surface area contributed by atoms with Gasteiger partial charge in [-0.1, -0.05) is 24.3 Å². The molecule has 0 spiro atoms. The second-order valence-electron chi connectivity index (χ2n) is 10.1. The lowest BCUT2D eigenvalue weighted by molar-refractivity contribution is -0.131. The third kappa shape index (κ3) is 7.95. The van der Waals surface area contributed by atoms with E-state index in [1.54, 1.807) is 23.2 Å². The maximum absolute atomic E-state index is 13.2. The highest BCUT2D eigenvalue weighted by molar-refractivity contribution is 5.88. The average molecular weight is 493 g/mol. The van der Waals surface area contributed by atoms with Crippen LogP contribution in [-0.4, -0.2) is 72.4 Å². The first-order valence-electron chi connectivity index (χ1n) is 12.1. The number of aliphatic carboxylic acids is 1. The third-order valence-corrected chi connectivity index (χ3v) is 5.72. The van der Waals surface area contributed by atoms with Gasteiger partial charge in [0.15, 0.2) is 0 Å². The first-order chi connectivity index (χ1) is 17.0. The van der Waals surface area contributed by atoms with Crippen molar-refractivity contribution in [3.63, 3.8) is 0 Å². The molecule has 8 nitrogen and oxygen atoms in total. The van der Waals surface area contributed by atoms with Gasteiger partial charge < -0.3 is 14.7 Å². The summed E-state index contributed by atoms with van der Waals surface area (Å²) in [6, 6.07) is 11.8. The standard InChI is InChI=1S/C28H36N4O4/c1-28(2,3)36-27(35)32(25-14-10-22(19-29-25)11-15-26(33)34)24-16-18-31(20-24)17-6-7-21-8-12-23(13-9-21)30(4)5/h6-15,19,24H,16-18,20H2,1-5H3,(H,33,34)/b7-6+,15-11+/t24-/m1/s1. The largest absolute Gasteiger partial charge is 0.478 e. The number of nitrogens with zero attached hydrogens (tertiary/aromatic N) is 4. The van der Waals surface area contributed by atoms with Crippen LogP contribution in [0.1, 0.15) is 38.3 Å². The van der Waals surface area contributed by atoms with E-state index in [4.69, 9.17) is 9.84 Å². The molecule has 1 saturated heterocycles. The van der Waals surface area contributed by atoms with Crippen LogP contribution in [0.25, 0.3) is 12.2 Å². The third-order valence-electron chi connectivity index (χ3n) is 5.72. The highest BCUT2D eigenvalue weighted by Crippen LogP contribution is 2.25. The number of hydrogen-bond acceptors (Lipinski definition) is 6. The van der Waals surface area contributed by atoms with E-state index in [-0.39, 0.29) is 6.04 Å². The summed E-state index contributed by atoms with van der Waals surface area (Å²) in [7, 11) is 4.05. The summed E-state index contributed by atoms with van der Waals surface area (Å²) >= 11 is 0. The molecule has 1 N–H and O–H groups in total. The fourth-order valence-corrected chi connectivity index (χ4v) is 3.96. The topological polar surface area (TPSA) is 86.2 Å². The lowest BCUT2D eigenvalue weighted by Crippen LogP contribution is -2.45. The van der Waals surface area contributed by atoms with E-state index in [0.717, 1.165) is 36.8 Å². The first-order valence-corrected chi connectivity index (χ1v) is 12.1. The van der Waals surface area contributed by atoms with Crippen molar-refractivity contribution in [3.05, 3.63) is 65.9 Å². The van der Waals surface area contributed by atoms with Crippen molar-refractivity contribution in [1.29, 1.82) is 0 Å². The number of carboxylic acid groups (broad SMARTS) is 1. The van der Waals surface area contributed by atoms with Crippen LogP contribution in [0.15, 0.2) is 54.7 Å². The van der Waals surface area contributed by atoms with Crippen LogP contribution in [-0.2, 0) is 9.53 Å². The monoisotopic (exact) mass is 492 g/mol. The zero-order valence-electron chi connectivity index (χ0n) is 21.7. The van der Waals surface area contributed by atoms with Gasteiger partial charge in [0.1, 0.15) is 11.4 Å². The zero-order valence-corrected chi connectivity index (χ0v) is 21.7. The van der Waals surface area contributed by atoms with Gasteiger partial charge in [-0.3, -0.25) is 9.80 Å². The van der Waals surface area contributed by atoms with Crippen molar-refractivity contribution in [2.45, 2.75) is 38.8 Å². The molecule has 0 aliphatic carbocycles. The molecule has 1 fully saturated rings. The van der Waals surface area contributed by atoms with Crippen molar-refractivity contribution in [3.8, 4) is 0 Å². The zero-order chi connectivity index (χ0) is 26.3. The smallest absolute Gasteiger partial charge is 0.416 e. The highest BCUT2D eigenvalue weighted by atomic mass is 16.6. The fraction of sp³-hybridized carbons (Fsp3) is 0.393. The molecule has 192 valence electrons. The van der Waals surface area contributed by atoms with Crippen molar-refractivity contribution < 1.29 is 19.4 Å². The second-order valence-corrected chi connectivity index (χ2v) is 10.1. The number of amides is 1. The molecular weight excluding hydrogens is 456 g/mol. The molecule has 0 radical (unpaired) electrons. The molecule has 1 amide bonds. The molecule has 8 heteroatoms. The lowest BCUT2D eigenvalue weighted by Gasteiger charge is -2.31. The minimum absolute atomic E-state index is 0.0828. The van der Waals surface area contributed by atoms with E-state index < -0.39 is 17.7 Å². The van der Waals surface area contributed by atoms with E-state index in [1.807, 2.05) is 34.9 Å². The van der Waals surface area contributed by atoms with Crippen LogP contribution in [0.3, 0.4) is 0 Å². The van der Waals surface area contributed by atoms with Crippen LogP contribution in [0.5, 0.6) is 0 Å². The number of anilines is 2. The molecule has 1 aliphatic rings. The molecule has 0 unspecified atom stereocenters. The summed E-state index contributed by atoms with van der Waals surface area (Å²) in [5.74, 6) is -0.541. The molecule has 0 bridgehead atoms. The van der Waals surface area contributed by atoms with Gasteiger partial charge in [-0.05, 0) is 68.7 Å². The number of carbonyl (C=O) groups is 2. The Hall–Kier alpha value is -3.65. The van der Waals surface area contributed by atoms with Gasteiger partial charge in [0.25, 0.3) is 0 Å².